The lowest BCUT2D eigenvalue weighted by Crippen LogP contribution is -2.12. The summed E-state index contributed by atoms with van der Waals surface area (Å²) in [5.74, 6) is 0.417. The van der Waals surface area contributed by atoms with Crippen LogP contribution >= 0.6 is 11.6 Å². The molecule has 0 bridgehead atoms. The first-order valence-corrected chi connectivity index (χ1v) is 8.38. The Balaban J connectivity index is 2.27. The summed E-state index contributed by atoms with van der Waals surface area (Å²) < 4.78 is 23.4. The molecule has 0 amide bonds. The van der Waals surface area contributed by atoms with E-state index in [9.17, 15) is 8.42 Å². The first-order chi connectivity index (χ1) is 9.92. The van der Waals surface area contributed by atoms with Crippen LogP contribution in [0.4, 0.5) is 5.69 Å². The zero-order valence-corrected chi connectivity index (χ0v) is 13.0. The average Bonchev–Trinajstić information content (AvgIpc) is 2.48. The highest BCUT2D eigenvalue weighted by molar-refractivity contribution is 7.91. The number of rotatable bonds is 4. The second-order valence-electron chi connectivity index (χ2n) is 4.40. The van der Waals surface area contributed by atoms with E-state index in [1.54, 1.807) is 43.3 Å². The Kier molecular flexibility index (Phi) is 4.65. The van der Waals surface area contributed by atoms with Gasteiger partial charge in [0.25, 0.3) is 0 Å². The van der Waals surface area contributed by atoms with E-state index < -0.39 is 9.84 Å². The van der Waals surface area contributed by atoms with Gasteiger partial charge in [-0.1, -0.05) is 18.5 Å². The molecule has 0 spiro atoms. The molecule has 0 aliphatic heterocycles. The van der Waals surface area contributed by atoms with Crippen LogP contribution in [-0.4, -0.2) is 20.0 Å². The van der Waals surface area contributed by atoms with Crippen molar-refractivity contribution < 1.29 is 8.42 Å². The molecule has 0 saturated heterocycles. The number of amidine groups is 1. The SMILES string of the molecule is CCS(=O)(=O)c1ccc(N=C(N)c2ccc(Cl)cc2)cc1. The van der Waals surface area contributed by atoms with Crippen molar-refractivity contribution in [2.45, 2.75) is 11.8 Å². The third-order valence-corrected chi connectivity index (χ3v) is 4.97. The van der Waals surface area contributed by atoms with Crippen LogP contribution in [-0.2, 0) is 9.84 Å². The molecule has 0 unspecified atom stereocenters. The lowest BCUT2D eigenvalue weighted by Gasteiger charge is -2.03. The summed E-state index contributed by atoms with van der Waals surface area (Å²) >= 11 is 5.81. The molecule has 2 N–H and O–H groups in total. The van der Waals surface area contributed by atoms with Gasteiger partial charge in [-0.15, -0.1) is 0 Å². The lowest BCUT2D eigenvalue weighted by atomic mass is 10.2. The van der Waals surface area contributed by atoms with E-state index in [-0.39, 0.29) is 10.6 Å². The Bertz CT molecular complexity index is 751. The molecular formula is C15H15ClN2O2S. The van der Waals surface area contributed by atoms with Gasteiger partial charge in [-0.3, -0.25) is 0 Å². The molecule has 2 aromatic rings. The van der Waals surface area contributed by atoms with Crippen LogP contribution in [0.25, 0.3) is 0 Å². The van der Waals surface area contributed by atoms with E-state index in [2.05, 4.69) is 4.99 Å². The van der Waals surface area contributed by atoms with Gasteiger partial charge in [0.2, 0.25) is 0 Å². The number of benzene rings is 2. The van der Waals surface area contributed by atoms with E-state index >= 15 is 0 Å². The van der Waals surface area contributed by atoms with Crippen molar-refractivity contribution in [1.82, 2.24) is 0 Å². The number of hydrogen-bond donors (Lipinski definition) is 1. The highest BCUT2D eigenvalue weighted by Gasteiger charge is 2.10. The summed E-state index contributed by atoms with van der Waals surface area (Å²) in [7, 11) is -3.19. The van der Waals surface area contributed by atoms with E-state index in [4.69, 9.17) is 17.3 Å². The second kappa shape index (κ2) is 6.28. The smallest absolute Gasteiger partial charge is 0.178 e. The maximum absolute atomic E-state index is 11.7. The summed E-state index contributed by atoms with van der Waals surface area (Å²) in [4.78, 5) is 4.55. The minimum atomic E-state index is -3.19. The molecule has 0 saturated carbocycles. The summed E-state index contributed by atoms with van der Waals surface area (Å²) in [6, 6.07) is 13.3. The highest BCUT2D eigenvalue weighted by atomic mass is 35.5. The van der Waals surface area contributed by atoms with Crippen LogP contribution in [0.5, 0.6) is 0 Å². The number of halogens is 1. The molecule has 0 aliphatic rings. The van der Waals surface area contributed by atoms with Crippen LogP contribution in [0.2, 0.25) is 5.02 Å². The molecule has 21 heavy (non-hydrogen) atoms. The van der Waals surface area contributed by atoms with Crippen LogP contribution in [0.3, 0.4) is 0 Å². The van der Waals surface area contributed by atoms with Crippen molar-refractivity contribution >= 4 is 33.0 Å². The molecular weight excluding hydrogens is 308 g/mol. The number of aliphatic imine (C=N–C) groups is 1. The molecule has 0 radical (unpaired) electrons. The van der Waals surface area contributed by atoms with Crippen LogP contribution in [0, 0.1) is 0 Å². The summed E-state index contributed by atoms with van der Waals surface area (Å²) in [6.07, 6.45) is 0. The first kappa shape index (κ1) is 15.5. The van der Waals surface area contributed by atoms with Crippen LogP contribution < -0.4 is 5.73 Å². The standard InChI is InChI=1S/C15H15ClN2O2S/c1-2-21(19,20)14-9-7-13(8-10-14)18-15(17)11-3-5-12(16)6-4-11/h3-10H,2H2,1H3,(H2,17,18). The molecule has 4 nitrogen and oxygen atoms in total. The predicted octanol–water partition coefficient (Wildman–Crippen LogP) is 3.17. The van der Waals surface area contributed by atoms with Crippen molar-refractivity contribution in [3.05, 3.63) is 59.1 Å². The first-order valence-electron chi connectivity index (χ1n) is 6.35. The number of nitrogens with zero attached hydrogens (tertiary/aromatic N) is 1. The zero-order valence-electron chi connectivity index (χ0n) is 11.5. The molecule has 6 heteroatoms. The monoisotopic (exact) mass is 322 g/mol. The minimum Gasteiger partial charge on any atom is -0.383 e. The highest BCUT2D eigenvalue weighted by Crippen LogP contribution is 2.18. The number of nitrogens with two attached hydrogens (primary N) is 1. The third-order valence-electron chi connectivity index (χ3n) is 2.97. The Hall–Kier alpha value is -1.85. The van der Waals surface area contributed by atoms with Gasteiger partial charge in [0.15, 0.2) is 9.84 Å². The van der Waals surface area contributed by atoms with Gasteiger partial charge in [0.1, 0.15) is 5.84 Å². The summed E-state index contributed by atoms with van der Waals surface area (Å²) in [5.41, 5.74) is 7.27. The van der Waals surface area contributed by atoms with Gasteiger partial charge in [-0.25, -0.2) is 13.4 Å². The average molecular weight is 323 g/mol. The van der Waals surface area contributed by atoms with E-state index in [1.165, 1.54) is 12.1 Å². The van der Waals surface area contributed by atoms with Gasteiger partial charge in [-0.2, -0.15) is 0 Å². The van der Waals surface area contributed by atoms with Gasteiger partial charge >= 0.3 is 0 Å². The largest absolute Gasteiger partial charge is 0.383 e. The molecule has 0 aliphatic carbocycles. The maximum Gasteiger partial charge on any atom is 0.178 e. The van der Waals surface area contributed by atoms with Gasteiger partial charge in [0, 0.05) is 10.6 Å². The fourth-order valence-corrected chi connectivity index (χ4v) is 2.73. The maximum atomic E-state index is 11.7. The van der Waals surface area contributed by atoms with Gasteiger partial charge in [0.05, 0.1) is 16.3 Å². The van der Waals surface area contributed by atoms with Gasteiger partial charge < -0.3 is 5.73 Å². The minimum absolute atomic E-state index is 0.0720. The Morgan fingerprint density at radius 3 is 2.19 bits per heavy atom. The normalized spacial score (nSPS) is 12.4. The molecule has 0 heterocycles. The van der Waals surface area contributed by atoms with Crippen molar-refractivity contribution in [3.63, 3.8) is 0 Å². The molecule has 0 atom stereocenters. The molecule has 2 rings (SSSR count). The van der Waals surface area contributed by atoms with Crippen molar-refractivity contribution in [3.8, 4) is 0 Å². The zero-order chi connectivity index (χ0) is 15.5. The fraction of sp³-hybridized carbons (Fsp3) is 0.133. The predicted molar refractivity (Wildman–Crippen MR) is 86.0 cm³/mol. The van der Waals surface area contributed by atoms with Crippen LogP contribution in [0.1, 0.15) is 12.5 Å². The number of sulfone groups is 1. The van der Waals surface area contributed by atoms with Crippen molar-refractivity contribution in [2.75, 3.05) is 5.75 Å². The van der Waals surface area contributed by atoms with E-state index in [0.717, 1.165) is 5.56 Å². The summed E-state index contributed by atoms with van der Waals surface area (Å²) in [6.45, 7) is 1.61. The fourth-order valence-electron chi connectivity index (χ4n) is 1.72. The lowest BCUT2D eigenvalue weighted by molar-refractivity contribution is 0.597. The third kappa shape index (κ3) is 3.83. The summed E-state index contributed by atoms with van der Waals surface area (Å²) in [5, 5.41) is 0.626. The molecule has 0 aromatic heterocycles. The van der Waals surface area contributed by atoms with Crippen LogP contribution in [0.15, 0.2) is 58.4 Å². The Labute approximate surface area is 129 Å². The Morgan fingerprint density at radius 2 is 1.67 bits per heavy atom. The van der Waals surface area contributed by atoms with E-state index in [0.29, 0.717) is 16.5 Å². The van der Waals surface area contributed by atoms with Crippen molar-refractivity contribution in [2.24, 2.45) is 10.7 Å². The van der Waals surface area contributed by atoms with E-state index in [1.807, 2.05) is 0 Å². The Morgan fingerprint density at radius 1 is 1.10 bits per heavy atom. The number of hydrogen-bond acceptors (Lipinski definition) is 3. The topological polar surface area (TPSA) is 72.5 Å². The molecule has 0 fully saturated rings. The van der Waals surface area contributed by atoms with Crippen molar-refractivity contribution in [1.29, 1.82) is 0 Å². The second-order valence-corrected chi connectivity index (χ2v) is 7.12. The quantitative estimate of drug-likeness (QED) is 0.694. The molecule has 110 valence electrons. The molecule has 2 aromatic carbocycles. The van der Waals surface area contributed by atoms with Gasteiger partial charge in [-0.05, 0) is 48.5 Å².